The summed E-state index contributed by atoms with van der Waals surface area (Å²) in [5.41, 5.74) is 3.70. The second-order valence-electron chi connectivity index (χ2n) is 7.03. The quantitative estimate of drug-likeness (QED) is 0.168. The van der Waals surface area contributed by atoms with Gasteiger partial charge in [-0.15, -0.1) is 0 Å². The number of hydrogen-bond donors (Lipinski definition) is 2. The van der Waals surface area contributed by atoms with Gasteiger partial charge in [-0.3, -0.25) is 9.59 Å². The normalized spacial score (nSPS) is 10.8. The molecule has 0 radical (unpaired) electrons. The molecule has 0 unspecified atom stereocenters. The third-order valence-electron chi connectivity index (χ3n) is 4.76. The van der Waals surface area contributed by atoms with Crippen LogP contribution in [-0.4, -0.2) is 37.7 Å². The Morgan fingerprint density at radius 2 is 1.51 bits per heavy atom. The summed E-state index contributed by atoms with van der Waals surface area (Å²) in [5.74, 6) is -1.68. The number of nitrogens with zero attached hydrogens (tertiary/aromatic N) is 1. The molecule has 2 amide bonds. The van der Waals surface area contributed by atoms with E-state index in [9.17, 15) is 14.4 Å². The van der Waals surface area contributed by atoms with Gasteiger partial charge in [0, 0.05) is 5.56 Å². The number of ether oxygens (including phenoxy) is 3. The van der Waals surface area contributed by atoms with Gasteiger partial charge in [0.2, 0.25) is 0 Å². The van der Waals surface area contributed by atoms with Crippen LogP contribution in [0, 0.1) is 0 Å². The van der Waals surface area contributed by atoms with Gasteiger partial charge in [-0.25, -0.2) is 10.2 Å². The second-order valence-corrected chi connectivity index (χ2v) is 7.43. The summed E-state index contributed by atoms with van der Waals surface area (Å²) in [6.45, 7) is 1.63. The molecule has 10 heteroatoms. The number of methoxy groups -OCH3 is 2. The lowest BCUT2D eigenvalue weighted by Gasteiger charge is -2.12. The van der Waals surface area contributed by atoms with Crippen LogP contribution in [0.15, 0.2) is 71.8 Å². The van der Waals surface area contributed by atoms with Gasteiger partial charge in [0.05, 0.1) is 30.6 Å². The van der Waals surface area contributed by atoms with Crippen LogP contribution in [0.1, 0.15) is 22.8 Å². The number of amides is 2. The molecule has 0 bridgehead atoms. The zero-order chi connectivity index (χ0) is 25.4. The molecule has 2 N–H and O–H groups in total. The van der Waals surface area contributed by atoms with Crippen molar-refractivity contribution in [1.82, 2.24) is 5.43 Å². The summed E-state index contributed by atoms with van der Waals surface area (Å²) in [6, 6.07) is 17.9. The molecule has 0 aromatic heterocycles. The second kappa shape index (κ2) is 11.7. The summed E-state index contributed by atoms with van der Waals surface area (Å²) in [5, 5.41) is 6.67. The van der Waals surface area contributed by atoms with Gasteiger partial charge < -0.3 is 19.5 Å². The number of hydrogen-bond acceptors (Lipinski definition) is 7. The van der Waals surface area contributed by atoms with Crippen LogP contribution >= 0.6 is 11.6 Å². The molecule has 9 nitrogen and oxygen atoms in total. The van der Waals surface area contributed by atoms with Gasteiger partial charge >= 0.3 is 17.8 Å². The Labute approximate surface area is 206 Å². The molecule has 3 aromatic rings. The molecule has 0 saturated carbocycles. The van der Waals surface area contributed by atoms with E-state index in [0.717, 1.165) is 0 Å². The van der Waals surface area contributed by atoms with Crippen molar-refractivity contribution in [2.75, 3.05) is 19.5 Å². The van der Waals surface area contributed by atoms with E-state index in [1.54, 1.807) is 67.6 Å². The Bertz CT molecular complexity index is 1290. The van der Waals surface area contributed by atoms with Gasteiger partial charge in [0.15, 0.2) is 11.5 Å². The number of para-hydroxylation sites is 2. The topological polar surface area (TPSA) is 115 Å². The van der Waals surface area contributed by atoms with E-state index in [1.807, 2.05) is 0 Å². The zero-order valence-corrected chi connectivity index (χ0v) is 19.9. The van der Waals surface area contributed by atoms with Crippen molar-refractivity contribution in [2.24, 2.45) is 5.10 Å². The van der Waals surface area contributed by atoms with Gasteiger partial charge in [-0.2, -0.15) is 5.10 Å². The molecule has 0 atom stereocenters. The molecule has 0 aliphatic carbocycles. The van der Waals surface area contributed by atoms with Crippen LogP contribution in [0.25, 0.3) is 0 Å². The summed E-state index contributed by atoms with van der Waals surface area (Å²) in [4.78, 5) is 36.8. The fraction of sp³-hybridized carbons (Fsp3) is 0.120. The fourth-order valence-electron chi connectivity index (χ4n) is 2.94. The molecule has 180 valence electrons. The Morgan fingerprint density at radius 3 is 2.23 bits per heavy atom. The number of carbonyl (C=O) groups excluding carboxylic acids is 3. The minimum atomic E-state index is -0.974. The lowest BCUT2D eigenvalue weighted by atomic mass is 10.1. The number of anilines is 1. The SMILES string of the molecule is COc1cc(C(C)=NNC(=O)C(=O)Nc2ccccc2Cl)ccc1OC(=O)c1ccccc1OC. The van der Waals surface area contributed by atoms with Crippen LogP contribution in [0.5, 0.6) is 17.2 Å². The van der Waals surface area contributed by atoms with Gasteiger partial charge in [0.25, 0.3) is 0 Å². The number of halogens is 1. The first-order valence-corrected chi connectivity index (χ1v) is 10.7. The molecular weight excluding hydrogens is 474 g/mol. The molecule has 0 aliphatic heterocycles. The van der Waals surface area contributed by atoms with Crippen molar-refractivity contribution in [3.8, 4) is 17.2 Å². The van der Waals surface area contributed by atoms with E-state index >= 15 is 0 Å². The third kappa shape index (κ3) is 6.36. The number of carbonyl (C=O) groups is 3. The molecule has 0 fully saturated rings. The molecular formula is C25H22ClN3O6. The average molecular weight is 496 g/mol. The van der Waals surface area contributed by atoms with Crippen molar-refractivity contribution >= 4 is 40.8 Å². The third-order valence-corrected chi connectivity index (χ3v) is 5.09. The van der Waals surface area contributed by atoms with E-state index in [2.05, 4.69) is 15.8 Å². The minimum absolute atomic E-state index is 0.183. The highest BCUT2D eigenvalue weighted by molar-refractivity contribution is 6.41. The van der Waals surface area contributed by atoms with E-state index < -0.39 is 17.8 Å². The van der Waals surface area contributed by atoms with Crippen molar-refractivity contribution < 1.29 is 28.6 Å². The van der Waals surface area contributed by atoms with Gasteiger partial charge in [-0.1, -0.05) is 35.9 Å². The summed E-state index contributed by atoms with van der Waals surface area (Å²) in [7, 11) is 2.88. The van der Waals surface area contributed by atoms with Crippen LogP contribution < -0.4 is 25.0 Å². The lowest BCUT2D eigenvalue weighted by molar-refractivity contribution is -0.136. The molecule has 3 rings (SSSR count). The number of rotatable bonds is 7. The van der Waals surface area contributed by atoms with E-state index in [-0.39, 0.29) is 17.1 Å². The predicted octanol–water partition coefficient (Wildman–Crippen LogP) is 4.06. The summed E-state index contributed by atoms with van der Waals surface area (Å²) in [6.07, 6.45) is 0. The van der Waals surface area contributed by atoms with E-state index in [1.165, 1.54) is 20.3 Å². The van der Waals surface area contributed by atoms with Crippen LogP contribution in [0.2, 0.25) is 5.02 Å². The van der Waals surface area contributed by atoms with E-state index in [0.29, 0.717) is 27.7 Å². The number of nitrogens with one attached hydrogen (secondary N) is 2. The molecule has 0 heterocycles. The van der Waals surface area contributed by atoms with Gasteiger partial charge in [-0.05, 0) is 49.4 Å². The van der Waals surface area contributed by atoms with Crippen LogP contribution in [0.3, 0.4) is 0 Å². The maximum atomic E-state index is 12.6. The van der Waals surface area contributed by atoms with Crippen LogP contribution in [-0.2, 0) is 9.59 Å². The maximum Gasteiger partial charge on any atom is 0.347 e. The van der Waals surface area contributed by atoms with Crippen molar-refractivity contribution in [3.63, 3.8) is 0 Å². The van der Waals surface area contributed by atoms with Crippen molar-refractivity contribution in [1.29, 1.82) is 0 Å². The Hall–Kier alpha value is -4.37. The van der Waals surface area contributed by atoms with E-state index in [4.69, 9.17) is 25.8 Å². The Balaban J connectivity index is 1.69. The first-order valence-electron chi connectivity index (χ1n) is 10.3. The van der Waals surface area contributed by atoms with Crippen molar-refractivity contribution in [2.45, 2.75) is 6.92 Å². The number of esters is 1. The average Bonchev–Trinajstić information content (AvgIpc) is 2.88. The highest BCUT2D eigenvalue weighted by Gasteiger charge is 2.18. The maximum absolute atomic E-state index is 12.6. The minimum Gasteiger partial charge on any atom is -0.496 e. The van der Waals surface area contributed by atoms with Crippen molar-refractivity contribution in [3.05, 3.63) is 82.9 Å². The Kier molecular flexibility index (Phi) is 8.42. The molecule has 35 heavy (non-hydrogen) atoms. The molecule has 0 saturated heterocycles. The highest BCUT2D eigenvalue weighted by atomic mass is 35.5. The number of benzene rings is 3. The predicted molar refractivity (Wildman–Crippen MR) is 131 cm³/mol. The van der Waals surface area contributed by atoms with Gasteiger partial charge in [0.1, 0.15) is 11.3 Å². The first-order chi connectivity index (χ1) is 16.8. The standard InChI is InChI=1S/C25H22ClN3O6/c1-15(28-29-24(31)23(30)27-19-10-6-5-9-18(19)26)16-12-13-21(22(14-16)34-3)35-25(32)17-8-4-7-11-20(17)33-2/h4-14H,1-3H3,(H,27,30)(H,29,31). The summed E-state index contributed by atoms with van der Waals surface area (Å²) < 4.78 is 16.0. The fourth-order valence-corrected chi connectivity index (χ4v) is 3.12. The molecule has 0 spiro atoms. The monoisotopic (exact) mass is 495 g/mol. The largest absolute Gasteiger partial charge is 0.496 e. The molecule has 0 aliphatic rings. The Morgan fingerprint density at radius 1 is 0.829 bits per heavy atom. The lowest BCUT2D eigenvalue weighted by Crippen LogP contribution is -2.33. The zero-order valence-electron chi connectivity index (χ0n) is 19.1. The highest BCUT2D eigenvalue weighted by Crippen LogP contribution is 2.30. The van der Waals surface area contributed by atoms with Crippen LogP contribution in [0.4, 0.5) is 5.69 Å². The molecule has 3 aromatic carbocycles. The smallest absolute Gasteiger partial charge is 0.347 e. The summed E-state index contributed by atoms with van der Waals surface area (Å²) >= 11 is 5.98. The number of hydrazone groups is 1. The first kappa shape index (κ1) is 25.3.